The lowest BCUT2D eigenvalue weighted by atomic mass is 9.88. The number of nitrogens with zero attached hydrogens (tertiary/aromatic N) is 2. The lowest BCUT2D eigenvalue weighted by Crippen LogP contribution is -2.52. The summed E-state index contributed by atoms with van der Waals surface area (Å²) in [5.74, 6) is 0.380. The summed E-state index contributed by atoms with van der Waals surface area (Å²) in [5.41, 5.74) is 4.66. The van der Waals surface area contributed by atoms with E-state index in [1.54, 1.807) is 0 Å². The number of fused-ring (bicyclic) bond motifs is 1. The molecule has 0 radical (unpaired) electrons. The van der Waals surface area contributed by atoms with Crippen molar-refractivity contribution in [1.82, 2.24) is 5.43 Å². The Kier molecular flexibility index (Phi) is 4.63. The average molecular weight is 448 g/mol. The summed E-state index contributed by atoms with van der Waals surface area (Å²) in [4.78, 5) is 18.3. The smallest absolute Gasteiger partial charge is 0.229 e. The maximum absolute atomic E-state index is 13.3. The van der Waals surface area contributed by atoms with Gasteiger partial charge in [-0.1, -0.05) is 58.7 Å². The monoisotopic (exact) mass is 447 g/mol. The SMILES string of the molecule is O=C(C1=NC2(CCCCC2)N(c2ccc(Br)cc2)N1)c1ccc2ccccc2c1. The number of halogens is 1. The van der Waals surface area contributed by atoms with Gasteiger partial charge < -0.3 is 0 Å². The van der Waals surface area contributed by atoms with Gasteiger partial charge in [0.15, 0.2) is 11.5 Å². The number of carbonyl (C=O) groups is 1. The molecule has 1 N–H and O–H groups in total. The lowest BCUT2D eigenvalue weighted by Gasteiger charge is -2.39. The van der Waals surface area contributed by atoms with E-state index >= 15 is 0 Å². The van der Waals surface area contributed by atoms with Crippen LogP contribution >= 0.6 is 15.9 Å². The third kappa shape index (κ3) is 3.33. The second-order valence-corrected chi connectivity index (χ2v) is 8.73. The van der Waals surface area contributed by atoms with E-state index in [4.69, 9.17) is 4.99 Å². The standard InChI is InChI=1S/C24H22BrN3O/c25-20-10-12-21(13-11-20)28-24(14-4-1-5-15-24)26-23(27-28)22(29)19-9-8-17-6-2-3-7-18(17)16-19/h2-3,6-13,16H,1,4-5,14-15H2,(H,26,27). The molecule has 1 fully saturated rings. The fourth-order valence-corrected chi connectivity index (χ4v) is 4.67. The normalized spacial score (nSPS) is 18.0. The molecule has 1 saturated carbocycles. The highest BCUT2D eigenvalue weighted by atomic mass is 79.9. The molecule has 4 nitrogen and oxygen atoms in total. The first-order chi connectivity index (χ1) is 14.1. The van der Waals surface area contributed by atoms with Crippen LogP contribution in [0.2, 0.25) is 0 Å². The Hall–Kier alpha value is -2.66. The van der Waals surface area contributed by atoms with Gasteiger partial charge in [0.1, 0.15) is 0 Å². The van der Waals surface area contributed by atoms with Crippen molar-refractivity contribution < 1.29 is 4.79 Å². The van der Waals surface area contributed by atoms with Crippen molar-refractivity contribution in [3.05, 3.63) is 76.8 Å². The summed E-state index contributed by atoms with van der Waals surface area (Å²) in [7, 11) is 0. The van der Waals surface area contributed by atoms with E-state index in [1.165, 1.54) is 6.42 Å². The second kappa shape index (κ2) is 7.30. The highest BCUT2D eigenvalue weighted by molar-refractivity contribution is 9.10. The van der Waals surface area contributed by atoms with Crippen LogP contribution in [-0.2, 0) is 0 Å². The van der Waals surface area contributed by atoms with Crippen LogP contribution in [0.25, 0.3) is 10.8 Å². The minimum atomic E-state index is -0.381. The van der Waals surface area contributed by atoms with Gasteiger partial charge in [0.05, 0.1) is 5.69 Å². The molecule has 3 aromatic rings. The molecule has 0 aromatic heterocycles. The summed E-state index contributed by atoms with van der Waals surface area (Å²) in [5, 5.41) is 4.30. The summed E-state index contributed by atoms with van der Waals surface area (Å²) < 4.78 is 1.03. The van der Waals surface area contributed by atoms with Gasteiger partial charge in [-0.2, -0.15) is 0 Å². The molecule has 29 heavy (non-hydrogen) atoms. The third-order valence-electron chi connectivity index (χ3n) is 5.92. The predicted octanol–water partition coefficient (Wildman–Crippen LogP) is 5.87. The second-order valence-electron chi connectivity index (χ2n) is 7.82. The van der Waals surface area contributed by atoms with Crippen LogP contribution in [-0.4, -0.2) is 17.3 Å². The Balaban J connectivity index is 1.51. The molecule has 0 atom stereocenters. The number of benzene rings is 3. The van der Waals surface area contributed by atoms with Gasteiger partial charge >= 0.3 is 0 Å². The maximum atomic E-state index is 13.3. The van der Waals surface area contributed by atoms with Crippen molar-refractivity contribution in [1.29, 1.82) is 0 Å². The Morgan fingerprint density at radius 2 is 1.66 bits per heavy atom. The minimum absolute atomic E-state index is 0.0553. The van der Waals surface area contributed by atoms with Gasteiger partial charge in [-0.3, -0.25) is 15.2 Å². The van der Waals surface area contributed by atoms with Crippen molar-refractivity contribution in [2.45, 2.75) is 37.8 Å². The number of Topliss-reactive ketones (excluding diaryl/α,β-unsaturated/α-hetero) is 1. The van der Waals surface area contributed by atoms with Crippen molar-refractivity contribution in [3.63, 3.8) is 0 Å². The molecular weight excluding hydrogens is 426 g/mol. The number of hydrogen-bond acceptors (Lipinski definition) is 4. The Morgan fingerprint density at radius 1 is 0.931 bits per heavy atom. The fraction of sp³-hybridized carbons (Fsp3) is 0.250. The molecule has 146 valence electrons. The molecule has 2 aliphatic rings. The van der Waals surface area contributed by atoms with Gasteiger partial charge in [-0.05, 0) is 66.8 Å². The average Bonchev–Trinajstić information content (AvgIpc) is 3.12. The van der Waals surface area contributed by atoms with E-state index in [0.29, 0.717) is 11.4 Å². The molecule has 1 heterocycles. The van der Waals surface area contributed by atoms with Gasteiger partial charge in [-0.25, -0.2) is 4.99 Å². The number of ketones is 1. The largest absolute Gasteiger partial charge is 0.285 e. The van der Waals surface area contributed by atoms with Crippen LogP contribution in [0.15, 0.2) is 76.2 Å². The highest BCUT2D eigenvalue weighted by Gasteiger charge is 2.44. The van der Waals surface area contributed by atoms with Crippen LogP contribution in [0.5, 0.6) is 0 Å². The number of anilines is 1. The molecule has 5 heteroatoms. The zero-order valence-electron chi connectivity index (χ0n) is 16.1. The van der Waals surface area contributed by atoms with Crippen molar-refractivity contribution in [2.75, 3.05) is 5.01 Å². The Bertz CT molecular complexity index is 1100. The Labute approximate surface area is 178 Å². The van der Waals surface area contributed by atoms with Crippen molar-refractivity contribution in [3.8, 4) is 0 Å². The predicted molar refractivity (Wildman–Crippen MR) is 121 cm³/mol. The first-order valence-electron chi connectivity index (χ1n) is 10.1. The van der Waals surface area contributed by atoms with E-state index in [-0.39, 0.29) is 11.4 Å². The summed E-state index contributed by atoms with van der Waals surface area (Å²) >= 11 is 3.51. The number of rotatable bonds is 3. The fourth-order valence-electron chi connectivity index (χ4n) is 4.41. The number of amidine groups is 1. The molecule has 0 amide bonds. The van der Waals surface area contributed by atoms with Crippen molar-refractivity contribution >= 4 is 44.0 Å². The van der Waals surface area contributed by atoms with Crippen molar-refractivity contribution in [2.24, 2.45) is 4.99 Å². The molecule has 0 unspecified atom stereocenters. The van der Waals surface area contributed by atoms with Crippen LogP contribution < -0.4 is 10.4 Å². The molecule has 1 aliphatic heterocycles. The molecule has 3 aromatic carbocycles. The molecule has 0 saturated heterocycles. The van der Waals surface area contributed by atoms with E-state index in [2.05, 4.69) is 44.6 Å². The van der Waals surface area contributed by atoms with Crippen LogP contribution in [0.3, 0.4) is 0 Å². The number of nitrogens with one attached hydrogen (secondary N) is 1. The number of aliphatic imine (C=N–C) groups is 1. The van der Waals surface area contributed by atoms with E-state index in [1.807, 2.05) is 48.5 Å². The third-order valence-corrected chi connectivity index (χ3v) is 6.45. The summed E-state index contributed by atoms with van der Waals surface area (Å²) in [6.45, 7) is 0. The highest BCUT2D eigenvalue weighted by Crippen LogP contribution is 2.40. The van der Waals surface area contributed by atoms with Gasteiger partial charge in [0, 0.05) is 10.0 Å². The van der Waals surface area contributed by atoms with Gasteiger partial charge in [-0.15, -0.1) is 0 Å². The van der Waals surface area contributed by atoms with E-state index in [9.17, 15) is 4.79 Å². The zero-order chi connectivity index (χ0) is 19.8. The number of hydrazine groups is 1. The van der Waals surface area contributed by atoms with Gasteiger partial charge in [0.2, 0.25) is 5.78 Å². The van der Waals surface area contributed by atoms with E-state index in [0.717, 1.165) is 46.6 Å². The first-order valence-corrected chi connectivity index (χ1v) is 10.9. The minimum Gasteiger partial charge on any atom is -0.285 e. The summed E-state index contributed by atoms with van der Waals surface area (Å²) in [6, 6.07) is 22.1. The first kappa shape index (κ1) is 18.4. The molecule has 0 bridgehead atoms. The topological polar surface area (TPSA) is 44.7 Å². The number of carbonyl (C=O) groups excluding carboxylic acids is 1. The quantitative estimate of drug-likeness (QED) is 0.510. The molecular formula is C24H22BrN3O. The molecule has 5 rings (SSSR count). The lowest BCUT2D eigenvalue weighted by molar-refractivity contribution is 0.106. The zero-order valence-corrected chi connectivity index (χ0v) is 17.7. The molecule has 1 aliphatic carbocycles. The maximum Gasteiger partial charge on any atom is 0.229 e. The summed E-state index contributed by atoms with van der Waals surface area (Å²) in [6.07, 6.45) is 5.36. The van der Waals surface area contributed by atoms with E-state index < -0.39 is 0 Å². The Morgan fingerprint density at radius 3 is 2.41 bits per heavy atom. The van der Waals surface area contributed by atoms with Crippen LogP contribution in [0.1, 0.15) is 42.5 Å². The number of hydrogen-bond donors (Lipinski definition) is 1. The van der Waals surface area contributed by atoms with Crippen LogP contribution in [0.4, 0.5) is 5.69 Å². The molecule has 1 spiro atoms. The van der Waals surface area contributed by atoms with Gasteiger partial charge in [0.25, 0.3) is 0 Å². The van der Waals surface area contributed by atoms with Crippen LogP contribution in [0, 0.1) is 0 Å².